The number of para-hydroxylation sites is 2. The summed E-state index contributed by atoms with van der Waals surface area (Å²) in [5.74, 6) is 0.521. The standard InChI is InChI=1S/C25H36N2O2.ClH/c1-2-3-4-5-6-7-8-9-10-13-19-29-24-18-12-11-17-23(24)27-25(28)21-15-14-16-22(26)20-21;/h11-12,14-18,20H,2-10,13,19,26H2,1H3,(H,27,28);1H. The van der Waals surface area contributed by atoms with Gasteiger partial charge in [-0.3, -0.25) is 4.79 Å². The molecule has 0 aromatic heterocycles. The van der Waals surface area contributed by atoms with E-state index in [1.165, 1.54) is 57.8 Å². The lowest BCUT2D eigenvalue weighted by Gasteiger charge is -2.12. The van der Waals surface area contributed by atoms with Crippen LogP contribution < -0.4 is 15.8 Å². The number of nitrogen functional groups attached to an aromatic ring is 1. The van der Waals surface area contributed by atoms with Crippen molar-refractivity contribution in [2.45, 2.75) is 71.1 Å². The van der Waals surface area contributed by atoms with E-state index in [-0.39, 0.29) is 18.3 Å². The van der Waals surface area contributed by atoms with Gasteiger partial charge in [0.2, 0.25) is 0 Å². The number of carbonyl (C=O) groups excluding carboxylic acids is 1. The smallest absolute Gasteiger partial charge is 0.255 e. The SMILES string of the molecule is CCCCCCCCCCCCOc1ccccc1NC(=O)c1cccc(N)c1.Cl. The molecule has 0 aliphatic heterocycles. The van der Waals surface area contributed by atoms with E-state index >= 15 is 0 Å². The molecule has 0 bridgehead atoms. The lowest BCUT2D eigenvalue weighted by molar-refractivity contribution is 0.102. The minimum absolute atomic E-state index is 0. The summed E-state index contributed by atoms with van der Waals surface area (Å²) in [4.78, 5) is 12.5. The van der Waals surface area contributed by atoms with Gasteiger partial charge in [-0.1, -0.05) is 82.9 Å². The average Bonchev–Trinajstić information content (AvgIpc) is 2.73. The van der Waals surface area contributed by atoms with Crippen LogP contribution in [0.2, 0.25) is 0 Å². The van der Waals surface area contributed by atoms with Crippen molar-refractivity contribution in [2.24, 2.45) is 0 Å². The first-order valence-corrected chi connectivity index (χ1v) is 11.1. The highest BCUT2D eigenvalue weighted by Crippen LogP contribution is 2.25. The first kappa shape index (κ1) is 25.8. The molecule has 0 aliphatic rings. The summed E-state index contributed by atoms with van der Waals surface area (Å²) in [7, 11) is 0. The Kier molecular flexibility index (Phi) is 13.4. The van der Waals surface area contributed by atoms with Crippen LogP contribution in [-0.2, 0) is 0 Å². The first-order chi connectivity index (χ1) is 14.2. The van der Waals surface area contributed by atoms with Crippen molar-refractivity contribution in [1.82, 2.24) is 0 Å². The number of benzene rings is 2. The van der Waals surface area contributed by atoms with Gasteiger partial charge in [-0.05, 0) is 36.8 Å². The number of hydrogen-bond acceptors (Lipinski definition) is 3. The van der Waals surface area contributed by atoms with E-state index in [0.717, 1.165) is 6.42 Å². The Bertz CT molecular complexity index is 737. The summed E-state index contributed by atoms with van der Waals surface area (Å²) in [5, 5.41) is 2.92. The molecule has 0 unspecified atom stereocenters. The van der Waals surface area contributed by atoms with Crippen LogP contribution >= 0.6 is 12.4 Å². The van der Waals surface area contributed by atoms with Gasteiger partial charge in [0.1, 0.15) is 5.75 Å². The number of nitrogens with one attached hydrogen (secondary N) is 1. The number of ether oxygens (including phenoxy) is 1. The van der Waals surface area contributed by atoms with Gasteiger partial charge in [0.25, 0.3) is 5.91 Å². The van der Waals surface area contributed by atoms with Gasteiger partial charge in [0.15, 0.2) is 0 Å². The Morgan fingerprint density at radius 3 is 2.17 bits per heavy atom. The molecular formula is C25H37ClN2O2. The van der Waals surface area contributed by atoms with Crippen molar-refractivity contribution in [2.75, 3.05) is 17.7 Å². The summed E-state index contributed by atoms with van der Waals surface area (Å²) in [5.41, 5.74) is 7.56. The van der Waals surface area contributed by atoms with E-state index < -0.39 is 0 Å². The Balaban J connectivity index is 0.00000450. The predicted octanol–water partition coefficient (Wildman–Crippen LogP) is 7.24. The Morgan fingerprint density at radius 2 is 1.50 bits per heavy atom. The fourth-order valence-electron chi connectivity index (χ4n) is 3.34. The van der Waals surface area contributed by atoms with Crippen molar-refractivity contribution in [1.29, 1.82) is 0 Å². The average molecular weight is 433 g/mol. The Labute approximate surface area is 188 Å². The van der Waals surface area contributed by atoms with Gasteiger partial charge in [0, 0.05) is 11.3 Å². The molecule has 0 saturated carbocycles. The van der Waals surface area contributed by atoms with Crippen molar-refractivity contribution in [3.63, 3.8) is 0 Å². The van der Waals surface area contributed by atoms with Gasteiger partial charge in [-0.25, -0.2) is 0 Å². The maximum Gasteiger partial charge on any atom is 0.255 e. The Morgan fingerprint density at radius 1 is 0.867 bits per heavy atom. The summed E-state index contributed by atoms with van der Waals surface area (Å²) in [6.45, 7) is 2.93. The van der Waals surface area contributed by atoms with Crippen LogP contribution in [0.15, 0.2) is 48.5 Å². The molecule has 2 rings (SSSR count). The number of anilines is 2. The molecule has 166 valence electrons. The van der Waals surface area contributed by atoms with Crippen molar-refractivity contribution < 1.29 is 9.53 Å². The molecule has 0 fully saturated rings. The van der Waals surface area contributed by atoms with Crippen LogP contribution in [0.5, 0.6) is 5.75 Å². The van der Waals surface area contributed by atoms with Crippen LogP contribution in [0, 0.1) is 0 Å². The van der Waals surface area contributed by atoms with Crippen LogP contribution in [0.25, 0.3) is 0 Å². The second-order valence-electron chi connectivity index (χ2n) is 7.61. The number of amides is 1. The van der Waals surface area contributed by atoms with Gasteiger partial charge >= 0.3 is 0 Å². The van der Waals surface area contributed by atoms with E-state index in [1.807, 2.05) is 24.3 Å². The van der Waals surface area contributed by atoms with Crippen molar-refractivity contribution in [3.8, 4) is 5.75 Å². The fraction of sp³-hybridized carbons (Fsp3) is 0.480. The minimum atomic E-state index is -0.188. The normalized spacial score (nSPS) is 10.3. The van der Waals surface area contributed by atoms with E-state index in [2.05, 4.69) is 12.2 Å². The van der Waals surface area contributed by atoms with Crippen LogP contribution in [0.4, 0.5) is 11.4 Å². The summed E-state index contributed by atoms with van der Waals surface area (Å²) < 4.78 is 5.93. The monoisotopic (exact) mass is 432 g/mol. The molecule has 0 aliphatic carbocycles. The molecule has 3 N–H and O–H groups in total. The molecule has 0 spiro atoms. The zero-order valence-corrected chi connectivity index (χ0v) is 19.0. The molecule has 1 amide bonds. The number of carbonyl (C=O) groups is 1. The Hall–Kier alpha value is -2.20. The zero-order chi connectivity index (χ0) is 20.7. The second-order valence-corrected chi connectivity index (χ2v) is 7.61. The molecule has 0 saturated heterocycles. The van der Waals surface area contributed by atoms with E-state index in [9.17, 15) is 4.79 Å². The number of hydrogen-bond donors (Lipinski definition) is 2. The third-order valence-electron chi connectivity index (χ3n) is 5.04. The quantitative estimate of drug-likeness (QED) is 0.244. The first-order valence-electron chi connectivity index (χ1n) is 11.1. The molecular weight excluding hydrogens is 396 g/mol. The fourth-order valence-corrected chi connectivity index (χ4v) is 3.34. The van der Waals surface area contributed by atoms with Crippen LogP contribution in [-0.4, -0.2) is 12.5 Å². The molecule has 2 aromatic rings. The van der Waals surface area contributed by atoms with Crippen LogP contribution in [0.1, 0.15) is 81.5 Å². The predicted molar refractivity (Wildman–Crippen MR) is 130 cm³/mol. The van der Waals surface area contributed by atoms with Gasteiger partial charge in [-0.2, -0.15) is 0 Å². The number of rotatable bonds is 14. The highest BCUT2D eigenvalue weighted by Gasteiger charge is 2.10. The van der Waals surface area contributed by atoms with Crippen molar-refractivity contribution in [3.05, 3.63) is 54.1 Å². The summed E-state index contributed by atoms with van der Waals surface area (Å²) >= 11 is 0. The van der Waals surface area contributed by atoms with E-state index in [4.69, 9.17) is 10.5 Å². The molecule has 2 aromatic carbocycles. The van der Waals surface area contributed by atoms with Crippen LogP contribution in [0.3, 0.4) is 0 Å². The van der Waals surface area contributed by atoms with Gasteiger partial charge in [0.05, 0.1) is 12.3 Å². The molecule has 0 radical (unpaired) electrons. The lowest BCUT2D eigenvalue weighted by atomic mass is 10.1. The van der Waals surface area contributed by atoms with Crippen molar-refractivity contribution >= 4 is 29.7 Å². The third kappa shape index (κ3) is 10.0. The zero-order valence-electron chi connectivity index (χ0n) is 18.2. The highest BCUT2D eigenvalue weighted by molar-refractivity contribution is 6.05. The molecule has 5 heteroatoms. The largest absolute Gasteiger partial charge is 0.491 e. The second kappa shape index (κ2) is 15.6. The number of nitrogens with two attached hydrogens (primary N) is 1. The van der Waals surface area contributed by atoms with E-state index in [1.54, 1.807) is 24.3 Å². The maximum absolute atomic E-state index is 12.5. The molecule has 0 atom stereocenters. The topological polar surface area (TPSA) is 64.3 Å². The third-order valence-corrected chi connectivity index (χ3v) is 5.04. The summed E-state index contributed by atoms with van der Waals surface area (Å²) in [6, 6.07) is 14.5. The maximum atomic E-state index is 12.5. The highest BCUT2D eigenvalue weighted by atomic mass is 35.5. The van der Waals surface area contributed by atoms with E-state index in [0.29, 0.717) is 29.3 Å². The number of halogens is 1. The van der Waals surface area contributed by atoms with Gasteiger partial charge in [-0.15, -0.1) is 12.4 Å². The lowest BCUT2D eigenvalue weighted by Crippen LogP contribution is -2.13. The molecule has 4 nitrogen and oxygen atoms in total. The summed E-state index contributed by atoms with van der Waals surface area (Å²) in [6.07, 6.45) is 13.0. The molecule has 30 heavy (non-hydrogen) atoms. The van der Waals surface area contributed by atoms with Gasteiger partial charge < -0.3 is 15.8 Å². The number of unbranched alkanes of at least 4 members (excludes halogenated alkanes) is 9. The minimum Gasteiger partial charge on any atom is -0.491 e. The molecule has 0 heterocycles.